The molecule has 1 N–H and O–H groups in total. The Morgan fingerprint density at radius 2 is 2.08 bits per heavy atom. The number of hydrogen-bond donors (Lipinski definition) is 1. The van der Waals surface area contributed by atoms with Gasteiger partial charge in [0.2, 0.25) is 0 Å². The molecule has 66 valence electrons. The highest BCUT2D eigenvalue weighted by Gasteiger charge is 2.45. The molecule has 3 atom stereocenters. The van der Waals surface area contributed by atoms with Crippen molar-refractivity contribution in [3.63, 3.8) is 0 Å². The van der Waals surface area contributed by atoms with E-state index in [1.807, 2.05) is 0 Å². The van der Waals surface area contributed by atoms with Crippen molar-refractivity contribution in [2.24, 2.45) is 11.8 Å². The first-order valence-corrected chi connectivity index (χ1v) is 4.92. The first-order valence-electron chi connectivity index (χ1n) is 4.92. The maximum atomic E-state index is 8.48. The van der Waals surface area contributed by atoms with Crippen LogP contribution in [0.2, 0.25) is 0 Å². The van der Waals surface area contributed by atoms with E-state index in [4.69, 9.17) is 5.26 Å². The lowest BCUT2D eigenvalue weighted by Crippen LogP contribution is -2.35. The fourth-order valence-corrected chi connectivity index (χ4v) is 2.45. The van der Waals surface area contributed by atoms with Crippen LogP contribution in [-0.2, 0) is 0 Å². The number of nitrogens with one attached hydrogen (secondary N) is 1. The Bertz CT molecular complexity index is 196. The van der Waals surface area contributed by atoms with Gasteiger partial charge in [-0.2, -0.15) is 5.26 Å². The van der Waals surface area contributed by atoms with Crippen LogP contribution in [0.1, 0.15) is 32.6 Å². The van der Waals surface area contributed by atoms with Gasteiger partial charge in [0.05, 0.1) is 12.5 Å². The van der Waals surface area contributed by atoms with Gasteiger partial charge >= 0.3 is 0 Å². The van der Waals surface area contributed by atoms with Gasteiger partial charge in [0, 0.05) is 12.1 Å². The van der Waals surface area contributed by atoms with Gasteiger partial charge < -0.3 is 5.32 Å². The molecule has 2 rings (SSSR count). The first-order chi connectivity index (χ1) is 5.79. The van der Waals surface area contributed by atoms with Crippen molar-refractivity contribution in [1.82, 2.24) is 5.32 Å². The highest BCUT2D eigenvalue weighted by molar-refractivity contribution is 4.99. The maximum Gasteiger partial charge on any atom is 0.0638 e. The summed E-state index contributed by atoms with van der Waals surface area (Å²) in [6, 6.07) is 3.31. The third-order valence-electron chi connectivity index (χ3n) is 3.16. The first kappa shape index (κ1) is 8.07. The predicted octanol–water partition coefficient (Wildman–Crippen LogP) is 1.68. The summed E-state index contributed by atoms with van der Waals surface area (Å²) in [5.41, 5.74) is 0. The van der Waals surface area contributed by atoms with E-state index in [1.54, 1.807) is 0 Å². The van der Waals surface area contributed by atoms with Crippen molar-refractivity contribution in [2.75, 3.05) is 0 Å². The van der Waals surface area contributed by atoms with Crippen LogP contribution in [0.4, 0.5) is 0 Å². The van der Waals surface area contributed by atoms with E-state index in [0.29, 0.717) is 12.5 Å². The fraction of sp³-hybridized carbons (Fsp3) is 0.900. The molecule has 2 heteroatoms. The van der Waals surface area contributed by atoms with Crippen LogP contribution < -0.4 is 5.32 Å². The molecule has 0 aromatic carbocycles. The third kappa shape index (κ3) is 1.61. The zero-order valence-electron chi connectivity index (χ0n) is 7.59. The van der Waals surface area contributed by atoms with Crippen molar-refractivity contribution >= 4 is 0 Å². The molecule has 0 aromatic heterocycles. The van der Waals surface area contributed by atoms with Gasteiger partial charge in [-0.3, -0.25) is 0 Å². The summed E-state index contributed by atoms with van der Waals surface area (Å²) in [5, 5.41) is 12.0. The van der Waals surface area contributed by atoms with Crippen LogP contribution in [0, 0.1) is 23.2 Å². The van der Waals surface area contributed by atoms with Gasteiger partial charge in [-0.05, 0) is 38.0 Å². The number of nitriles is 1. The molecule has 12 heavy (non-hydrogen) atoms. The number of nitrogens with zero attached hydrogens (tertiary/aromatic N) is 1. The SMILES string of the molecule is CC(CC#N)NC1CC2CC2C1. The lowest BCUT2D eigenvalue weighted by Gasteiger charge is -2.18. The Morgan fingerprint density at radius 3 is 2.67 bits per heavy atom. The van der Waals surface area contributed by atoms with Crippen molar-refractivity contribution < 1.29 is 0 Å². The van der Waals surface area contributed by atoms with E-state index < -0.39 is 0 Å². The minimum absolute atomic E-state index is 0.387. The zero-order valence-corrected chi connectivity index (χ0v) is 7.59. The van der Waals surface area contributed by atoms with Gasteiger partial charge in [-0.25, -0.2) is 0 Å². The molecule has 0 radical (unpaired) electrons. The van der Waals surface area contributed by atoms with Crippen LogP contribution in [0.3, 0.4) is 0 Å². The quantitative estimate of drug-likeness (QED) is 0.688. The summed E-state index contributed by atoms with van der Waals surface area (Å²) in [7, 11) is 0. The third-order valence-corrected chi connectivity index (χ3v) is 3.16. The number of fused-ring (bicyclic) bond motifs is 1. The molecule has 2 aliphatic carbocycles. The zero-order chi connectivity index (χ0) is 8.55. The van der Waals surface area contributed by atoms with Gasteiger partial charge in [-0.15, -0.1) is 0 Å². The summed E-state index contributed by atoms with van der Waals surface area (Å²) in [5.74, 6) is 2.08. The van der Waals surface area contributed by atoms with Crippen LogP contribution in [-0.4, -0.2) is 12.1 Å². The highest BCUT2D eigenvalue weighted by atomic mass is 15.0. The predicted molar refractivity (Wildman–Crippen MR) is 47.4 cm³/mol. The fourth-order valence-electron chi connectivity index (χ4n) is 2.45. The minimum Gasteiger partial charge on any atom is -0.310 e. The van der Waals surface area contributed by atoms with E-state index in [0.717, 1.165) is 17.9 Å². The second-order valence-electron chi connectivity index (χ2n) is 4.35. The molecule has 2 fully saturated rings. The van der Waals surface area contributed by atoms with Gasteiger partial charge in [0.25, 0.3) is 0 Å². The van der Waals surface area contributed by atoms with E-state index in [9.17, 15) is 0 Å². The van der Waals surface area contributed by atoms with Crippen molar-refractivity contribution in [3.05, 3.63) is 0 Å². The highest BCUT2D eigenvalue weighted by Crippen LogP contribution is 2.51. The smallest absolute Gasteiger partial charge is 0.0638 e. The Kier molecular flexibility index (Phi) is 2.06. The Morgan fingerprint density at radius 1 is 1.42 bits per heavy atom. The van der Waals surface area contributed by atoms with E-state index in [2.05, 4.69) is 18.3 Å². The van der Waals surface area contributed by atoms with Crippen molar-refractivity contribution in [1.29, 1.82) is 5.26 Å². The van der Waals surface area contributed by atoms with Crippen LogP contribution in [0.15, 0.2) is 0 Å². The summed E-state index contributed by atoms with van der Waals surface area (Å²) in [4.78, 5) is 0. The average Bonchev–Trinajstić information content (AvgIpc) is 2.60. The summed E-state index contributed by atoms with van der Waals surface area (Å²) in [6.45, 7) is 2.10. The largest absolute Gasteiger partial charge is 0.310 e. The van der Waals surface area contributed by atoms with Crippen LogP contribution in [0.25, 0.3) is 0 Å². The topological polar surface area (TPSA) is 35.8 Å². The molecule has 0 heterocycles. The summed E-state index contributed by atoms with van der Waals surface area (Å²) in [6.07, 6.45) is 4.84. The standard InChI is InChI=1S/C10H16N2/c1-7(2-3-11)12-10-5-8-4-9(8)6-10/h7-10,12H,2,4-6H2,1H3. The lowest BCUT2D eigenvalue weighted by molar-refractivity contribution is 0.426. The molecule has 3 unspecified atom stereocenters. The molecule has 0 aliphatic heterocycles. The van der Waals surface area contributed by atoms with Gasteiger partial charge in [0.15, 0.2) is 0 Å². The van der Waals surface area contributed by atoms with Gasteiger partial charge in [-0.1, -0.05) is 0 Å². The Labute approximate surface area is 74.0 Å². The normalized spacial score (nSPS) is 40.2. The number of hydrogen-bond acceptors (Lipinski definition) is 2. The number of rotatable bonds is 3. The van der Waals surface area contributed by atoms with Crippen LogP contribution >= 0.6 is 0 Å². The van der Waals surface area contributed by atoms with E-state index in [-0.39, 0.29) is 0 Å². The van der Waals surface area contributed by atoms with E-state index in [1.165, 1.54) is 19.3 Å². The molecule has 0 amide bonds. The average molecular weight is 164 g/mol. The molecule has 2 saturated carbocycles. The summed E-state index contributed by atoms with van der Waals surface area (Å²) < 4.78 is 0. The monoisotopic (exact) mass is 164 g/mol. The molecule has 2 nitrogen and oxygen atoms in total. The van der Waals surface area contributed by atoms with Gasteiger partial charge in [0.1, 0.15) is 0 Å². The molecular formula is C10H16N2. The Balaban J connectivity index is 1.70. The Hall–Kier alpha value is -0.550. The van der Waals surface area contributed by atoms with Crippen molar-refractivity contribution in [3.8, 4) is 6.07 Å². The summed E-state index contributed by atoms with van der Waals surface area (Å²) >= 11 is 0. The second-order valence-corrected chi connectivity index (χ2v) is 4.35. The van der Waals surface area contributed by atoms with Crippen LogP contribution in [0.5, 0.6) is 0 Å². The van der Waals surface area contributed by atoms with Crippen molar-refractivity contribution in [2.45, 2.75) is 44.7 Å². The minimum atomic E-state index is 0.387. The second kappa shape index (κ2) is 3.06. The molecule has 0 saturated heterocycles. The molecule has 2 aliphatic rings. The molecule has 0 spiro atoms. The molecule has 0 bridgehead atoms. The molecular weight excluding hydrogens is 148 g/mol. The molecule has 0 aromatic rings. The maximum absolute atomic E-state index is 8.48. The van der Waals surface area contributed by atoms with E-state index >= 15 is 0 Å². The lowest BCUT2D eigenvalue weighted by atomic mass is 10.1.